The van der Waals surface area contributed by atoms with Crippen LogP contribution in [0.1, 0.15) is 22.3 Å². The lowest BCUT2D eigenvalue weighted by Gasteiger charge is -2.12. The van der Waals surface area contributed by atoms with Gasteiger partial charge in [-0.05, 0) is 42.7 Å². The maximum atomic E-state index is 11.9. The summed E-state index contributed by atoms with van der Waals surface area (Å²) in [5, 5.41) is 2.77. The van der Waals surface area contributed by atoms with Gasteiger partial charge in [0, 0.05) is 32.5 Å². The molecule has 1 heterocycles. The van der Waals surface area contributed by atoms with Crippen LogP contribution in [0.25, 0.3) is 0 Å². The molecule has 0 aliphatic carbocycles. The first-order valence-electron chi connectivity index (χ1n) is 7.30. The molecule has 0 bridgehead atoms. The van der Waals surface area contributed by atoms with Gasteiger partial charge in [-0.3, -0.25) is 9.59 Å². The molecule has 0 aliphatic heterocycles. The molecule has 2 aromatic rings. The van der Waals surface area contributed by atoms with Gasteiger partial charge in [-0.2, -0.15) is 0 Å². The number of nitrogens with one attached hydrogen (secondary N) is 2. The highest BCUT2D eigenvalue weighted by Crippen LogP contribution is 2.13. The predicted octanol–water partition coefficient (Wildman–Crippen LogP) is 1.80. The summed E-state index contributed by atoms with van der Waals surface area (Å²) in [6.45, 7) is 0.544. The highest BCUT2D eigenvalue weighted by molar-refractivity contribution is 5.93. The minimum absolute atomic E-state index is 0.151. The topological polar surface area (TPSA) is 65.2 Å². The number of benzene rings is 1. The molecule has 0 atom stereocenters. The highest BCUT2D eigenvalue weighted by atomic mass is 16.2. The number of H-pyrrole nitrogens is 1. The van der Waals surface area contributed by atoms with Crippen LogP contribution in [-0.2, 0) is 6.42 Å². The van der Waals surface area contributed by atoms with Gasteiger partial charge in [-0.15, -0.1) is 0 Å². The molecule has 0 spiro atoms. The average molecular weight is 299 g/mol. The van der Waals surface area contributed by atoms with Crippen molar-refractivity contribution in [3.05, 3.63) is 64.1 Å². The zero-order valence-corrected chi connectivity index (χ0v) is 12.9. The lowest BCUT2D eigenvalue weighted by atomic mass is 10.1. The van der Waals surface area contributed by atoms with Crippen LogP contribution in [0, 0.1) is 0 Å². The van der Waals surface area contributed by atoms with E-state index in [0.29, 0.717) is 6.54 Å². The summed E-state index contributed by atoms with van der Waals surface area (Å²) in [5.74, 6) is -0.329. The van der Waals surface area contributed by atoms with Crippen LogP contribution in [0.5, 0.6) is 0 Å². The molecule has 2 rings (SSSR count). The van der Waals surface area contributed by atoms with E-state index >= 15 is 0 Å². The van der Waals surface area contributed by atoms with Crippen LogP contribution in [-0.4, -0.2) is 31.5 Å². The van der Waals surface area contributed by atoms with Crippen molar-refractivity contribution in [3.63, 3.8) is 0 Å². The van der Waals surface area contributed by atoms with Gasteiger partial charge >= 0.3 is 0 Å². The Morgan fingerprint density at radius 2 is 1.91 bits per heavy atom. The number of rotatable bonds is 6. The van der Waals surface area contributed by atoms with Crippen LogP contribution in [0.2, 0.25) is 0 Å². The molecule has 0 saturated carbocycles. The molecule has 1 aromatic heterocycles. The molecule has 0 unspecified atom stereocenters. The number of aryl methyl sites for hydroxylation is 1. The Balaban J connectivity index is 1.78. The van der Waals surface area contributed by atoms with Crippen LogP contribution in [0.3, 0.4) is 0 Å². The van der Waals surface area contributed by atoms with E-state index in [0.717, 1.165) is 12.8 Å². The fraction of sp³-hybridized carbons (Fsp3) is 0.294. The zero-order valence-electron chi connectivity index (χ0n) is 12.9. The summed E-state index contributed by atoms with van der Waals surface area (Å²) >= 11 is 0. The number of aromatic nitrogens is 1. The Hall–Kier alpha value is -2.56. The first-order valence-corrected chi connectivity index (χ1v) is 7.30. The minimum atomic E-state index is -0.362. The Morgan fingerprint density at radius 3 is 2.55 bits per heavy atom. The van der Waals surface area contributed by atoms with Gasteiger partial charge in [0.1, 0.15) is 5.56 Å². The van der Waals surface area contributed by atoms with E-state index in [1.54, 1.807) is 6.07 Å². The second-order valence-corrected chi connectivity index (χ2v) is 5.33. The third-order valence-corrected chi connectivity index (χ3v) is 3.44. The molecule has 2 N–H and O–H groups in total. The summed E-state index contributed by atoms with van der Waals surface area (Å²) in [6, 6.07) is 11.5. The fourth-order valence-corrected chi connectivity index (χ4v) is 2.15. The summed E-state index contributed by atoms with van der Waals surface area (Å²) in [5.41, 5.74) is 2.19. The smallest absolute Gasteiger partial charge is 0.260 e. The Labute approximate surface area is 130 Å². The van der Waals surface area contributed by atoms with Crippen molar-refractivity contribution in [2.45, 2.75) is 12.8 Å². The molecule has 0 saturated heterocycles. The maximum absolute atomic E-state index is 11.9. The molecule has 1 amide bonds. The standard InChI is InChI=1S/C17H21N3O2/c1-20(2)14-9-7-13(8-10-14)5-3-11-18-16(21)15-6-4-12-19-17(15)22/h4,6-10,12H,3,5,11H2,1-2H3,(H,18,21)(H,19,22). The van der Waals surface area contributed by atoms with Crippen molar-refractivity contribution < 1.29 is 4.79 Å². The molecule has 5 heteroatoms. The van der Waals surface area contributed by atoms with Crippen LogP contribution in [0.4, 0.5) is 5.69 Å². The number of nitrogens with zero attached hydrogens (tertiary/aromatic N) is 1. The Kier molecular flexibility index (Phi) is 5.36. The number of pyridine rings is 1. The summed E-state index contributed by atoms with van der Waals surface area (Å²) < 4.78 is 0. The molecule has 0 radical (unpaired) electrons. The number of carbonyl (C=O) groups is 1. The molecule has 0 aliphatic rings. The van der Waals surface area contributed by atoms with E-state index in [2.05, 4.69) is 39.5 Å². The fourth-order valence-electron chi connectivity index (χ4n) is 2.15. The van der Waals surface area contributed by atoms with Crippen molar-refractivity contribution >= 4 is 11.6 Å². The second kappa shape index (κ2) is 7.45. The van der Waals surface area contributed by atoms with Crippen LogP contribution in [0.15, 0.2) is 47.4 Å². The van der Waals surface area contributed by atoms with Gasteiger partial charge in [0.2, 0.25) is 0 Å². The van der Waals surface area contributed by atoms with E-state index in [1.165, 1.54) is 23.5 Å². The van der Waals surface area contributed by atoms with Crippen molar-refractivity contribution in [1.82, 2.24) is 10.3 Å². The average Bonchev–Trinajstić information content (AvgIpc) is 2.52. The largest absolute Gasteiger partial charge is 0.378 e. The molecule has 5 nitrogen and oxygen atoms in total. The molecular weight excluding hydrogens is 278 g/mol. The lowest BCUT2D eigenvalue weighted by Crippen LogP contribution is -2.30. The lowest BCUT2D eigenvalue weighted by molar-refractivity contribution is 0.0951. The zero-order chi connectivity index (χ0) is 15.9. The first-order chi connectivity index (χ1) is 10.6. The van der Waals surface area contributed by atoms with E-state index in [1.807, 2.05) is 14.1 Å². The third-order valence-electron chi connectivity index (χ3n) is 3.44. The summed E-state index contributed by atoms with van der Waals surface area (Å²) in [4.78, 5) is 27.9. The normalized spacial score (nSPS) is 10.3. The molecule has 22 heavy (non-hydrogen) atoms. The molecular formula is C17H21N3O2. The number of hydrogen-bond acceptors (Lipinski definition) is 3. The minimum Gasteiger partial charge on any atom is -0.378 e. The number of aromatic amines is 1. The van der Waals surface area contributed by atoms with Crippen molar-refractivity contribution in [2.75, 3.05) is 25.5 Å². The first kappa shape index (κ1) is 15.8. The van der Waals surface area contributed by atoms with E-state index in [-0.39, 0.29) is 17.0 Å². The number of hydrogen-bond donors (Lipinski definition) is 2. The van der Waals surface area contributed by atoms with E-state index in [4.69, 9.17) is 0 Å². The second-order valence-electron chi connectivity index (χ2n) is 5.33. The van der Waals surface area contributed by atoms with Gasteiger partial charge in [-0.25, -0.2) is 0 Å². The molecule has 116 valence electrons. The van der Waals surface area contributed by atoms with Crippen molar-refractivity contribution in [2.24, 2.45) is 0 Å². The molecule has 0 fully saturated rings. The Bertz CT molecular complexity index is 675. The predicted molar refractivity (Wildman–Crippen MR) is 88.5 cm³/mol. The Morgan fingerprint density at radius 1 is 1.18 bits per heavy atom. The number of amides is 1. The third kappa shape index (κ3) is 4.22. The number of carbonyl (C=O) groups excluding carboxylic acids is 1. The SMILES string of the molecule is CN(C)c1ccc(CCCNC(=O)c2ccc[nH]c2=O)cc1. The van der Waals surface area contributed by atoms with E-state index in [9.17, 15) is 9.59 Å². The quantitative estimate of drug-likeness (QED) is 0.799. The van der Waals surface area contributed by atoms with Gasteiger partial charge in [0.15, 0.2) is 0 Å². The van der Waals surface area contributed by atoms with Crippen molar-refractivity contribution in [1.29, 1.82) is 0 Å². The van der Waals surface area contributed by atoms with Gasteiger partial charge in [0.25, 0.3) is 11.5 Å². The van der Waals surface area contributed by atoms with Gasteiger partial charge in [0.05, 0.1) is 0 Å². The summed E-state index contributed by atoms with van der Waals surface area (Å²) in [6.07, 6.45) is 3.23. The highest BCUT2D eigenvalue weighted by Gasteiger charge is 2.08. The van der Waals surface area contributed by atoms with Gasteiger partial charge < -0.3 is 15.2 Å². The maximum Gasteiger partial charge on any atom is 0.260 e. The molecule has 1 aromatic carbocycles. The van der Waals surface area contributed by atoms with Crippen molar-refractivity contribution in [3.8, 4) is 0 Å². The van der Waals surface area contributed by atoms with Crippen LogP contribution < -0.4 is 15.8 Å². The van der Waals surface area contributed by atoms with Crippen LogP contribution >= 0.6 is 0 Å². The van der Waals surface area contributed by atoms with E-state index < -0.39 is 0 Å². The monoisotopic (exact) mass is 299 g/mol. The summed E-state index contributed by atoms with van der Waals surface area (Å²) in [7, 11) is 4.02. The number of anilines is 1. The van der Waals surface area contributed by atoms with Gasteiger partial charge in [-0.1, -0.05) is 12.1 Å².